The molecule has 70 valence electrons. The van der Waals surface area contributed by atoms with Crippen molar-refractivity contribution in [3.8, 4) is 0 Å². The van der Waals surface area contributed by atoms with Gasteiger partial charge in [-0.2, -0.15) is 0 Å². The molecular formula is C8H14FNO2. The Labute approximate surface area is 71.5 Å². The lowest BCUT2D eigenvalue weighted by Gasteiger charge is -2.17. The molecule has 0 radical (unpaired) electrons. The van der Waals surface area contributed by atoms with Gasteiger partial charge in [-0.3, -0.25) is 0 Å². The SMILES string of the molecule is CCC1(F)CCN(C(=O)OC)C1. The normalized spacial score (nSPS) is 29.1. The number of halogens is 1. The summed E-state index contributed by atoms with van der Waals surface area (Å²) in [6.45, 7) is 2.44. The molecule has 1 unspecified atom stereocenters. The van der Waals surface area contributed by atoms with Crippen LogP contribution >= 0.6 is 0 Å². The average Bonchev–Trinajstić information content (AvgIpc) is 2.48. The van der Waals surface area contributed by atoms with E-state index >= 15 is 0 Å². The van der Waals surface area contributed by atoms with Crippen LogP contribution in [0, 0.1) is 0 Å². The Bertz CT molecular complexity index is 186. The Morgan fingerprint density at radius 3 is 2.83 bits per heavy atom. The summed E-state index contributed by atoms with van der Waals surface area (Å²) in [5.41, 5.74) is -1.19. The van der Waals surface area contributed by atoms with Crippen molar-refractivity contribution in [2.75, 3.05) is 20.2 Å². The Hall–Kier alpha value is -0.800. The van der Waals surface area contributed by atoms with E-state index in [1.165, 1.54) is 12.0 Å². The molecule has 0 aromatic rings. The molecule has 0 aromatic carbocycles. The molecule has 0 bridgehead atoms. The zero-order chi connectivity index (χ0) is 9.19. The Kier molecular flexibility index (Phi) is 2.55. The van der Waals surface area contributed by atoms with Gasteiger partial charge in [0.15, 0.2) is 0 Å². The second kappa shape index (κ2) is 3.29. The van der Waals surface area contributed by atoms with Gasteiger partial charge in [0.2, 0.25) is 0 Å². The average molecular weight is 175 g/mol. The van der Waals surface area contributed by atoms with Crippen LogP contribution in [0.1, 0.15) is 19.8 Å². The molecule has 1 aliphatic rings. The molecule has 4 heteroatoms. The molecule has 0 N–H and O–H groups in total. The number of amides is 1. The molecule has 0 aliphatic carbocycles. The molecule has 12 heavy (non-hydrogen) atoms. The molecule has 0 saturated carbocycles. The van der Waals surface area contributed by atoms with E-state index in [2.05, 4.69) is 4.74 Å². The maximum atomic E-state index is 13.5. The summed E-state index contributed by atoms with van der Waals surface area (Å²) in [5, 5.41) is 0. The molecule has 1 rings (SSSR count). The number of hydrogen-bond donors (Lipinski definition) is 0. The zero-order valence-electron chi connectivity index (χ0n) is 7.47. The van der Waals surface area contributed by atoms with Gasteiger partial charge < -0.3 is 9.64 Å². The minimum absolute atomic E-state index is 0.177. The summed E-state index contributed by atoms with van der Waals surface area (Å²) in [4.78, 5) is 12.4. The number of carbonyl (C=O) groups is 1. The van der Waals surface area contributed by atoms with E-state index in [4.69, 9.17) is 0 Å². The highest BCUT2D eigenvalue weighted by molar-refractivity contribution is 5.67. The largest absolute Gasteiger partial charge is 0.453 e. The number of carbonyl (C=O) groups excluding carboxylic acids is 1. The third kappa shape index (κ3) is 1.68. The van der Waals surface area contributed by atoms with Crippen LogP contribution in [-0.4, -0.2) is 36.9 Å². The molecule has 3 nitrogen and oxygen atoms in total. The van der Waals surface area contributed by atoms with Gasteiger partial charge in [0.1, 0.15) is 5.67 Å². The van der Waals surface area contributed by atoms with E-state index in [1.54, 1.807) is 6.92 Å². The standard InChI is InChI=1S/C8H14FNO2/c1-3-8(9)4-5-10(6-8)7(11)12-2/h3-6H2,1-2H3. The first-order valence-corrected chi connectivity index (χ1v) is 4.13. The van der Waals surface area contributed by atoms with Crippen LogP contribution in [0.25, 0.3) is 0 Å². The molecule has 1 atom stereocenters. The monoisotopic (exact) mass is 175 g/mol. The fourth-order valence-corrected chi connectivity index (χ4v) is 1.41. The van der Waals surface area contributed by atoms with Gasteiger partial charge in [-0.25, -0.2) is 9.18 Å². The van der Waals surface area contributed by atoms with Gasteiger partial charge in [-0.1, -0.05) is 6.92 Å². The second-order valence-corrected chi connectivity index (χ2v) is 3.15. The van der Waals surface area contributed by atoms with Crippen LogP contribution in [0.15, 0.2) is 0 Å². The van der Waals surface area contributed by atoms with E-state index in [9.17, 15) is 9.18 Å². The highest BCUT2D eigenvalue weighted by Gasteiger charge is 2.38. The lowest BCUT2D eigenvalue weighted by molar-refractivity contribution is 0.116. The van der Waals surface area contributed by atoms with E-state index in [1.807, 2.05) is 0 Å². The Balaban J connectivity index is 2.50. The van der Waals surface area contributed by atoms with Crippen molar-refractivity contribution in [2.45, 2.75) is 25.4 Å². The molecule has 1 saturated heterocycles. The van der Waals surface area contributed by atoms with Crippen molar-refractivity contribution in [2.24, 2.45) is 0 Å². The maximum Gasteiger partial charge on any atom is 0.409 e. The summed E-state index contributed by atoms with van der Waals surface area (Å²) >= 11 is 0. The molecule has 0 aromatic heterocycles. The summed E-state index contributed by atoms with van der Waals surface area (Å²) < 4.78 is 18.0. The van der Waals surface area contributed by atoms with Gasteiger partial charge in [0.25, 0.3) is 0 Å². The molecule has 0 spiro atoms. The van der Waals surface area contributed by atoms with E-state index in [0.717, 1.165) is 0 Å². The van der Waals surface area contributed by atoms with Crippen molar-refractivity contribution in [1.82, 2.24) is 4.90 Å². The number of alkyl halides is 1. The van der Waals surface area contributed by atoms with Crippen LogP contribution in [0.3, 0.4) is 0 Å². The van der Waals surface area contributed by atoms with Gasteiger partial charge in [0.05, 0.1) is 13.7 Å². The smallest absolute Gasteiger partial charge is 0.409 e. The number of rotatable bonds is 1. The van der Waals surface area contributed by atoms with Crippen molar-refractivity contribution >= 4 is 6.09 Å². The van der Waals surface area contributed by atoms with Crippen molar-refractivity contribution in [3.05, 3.63) is 0 Å². The van der Waals surface area contributed by atoms with Gasteiger partial charge in [0, 0.05) is 13.0 Å². The molecule has 1 heterocycles. The minimum atomic E-state index is -1.19. The van der Waals surface area contributed by atoms with Crippen LogP contribution in [0.4, 0.5) is 9.18 Å². The predicted octanol–water partition coefficient (Wildman–Crippen LogP) is 1.58. The number of methoxy groups -OCH3 is 1. The summed E-state index contributed by atoms with van der Waals surface area (Å²) in [6, 6.07) is 0. The quantitative estimate of drug-likeness (QED) is 0.605. The highest BCUT2D eigenvalue weighted by Crippen LogP contribution is 2.28. The predicted molar refractivity (Wildman–Crippen MR) is 42.7 cm³/mol. The third-order valence-electron chi connectivity index (χ3n) is 2.37. The topological polar surface area (TPSA) is 29.5 Å². The number of nitrogens with zero attached hydrogens (tertiary/aromatic N) is 1. The number of likely N-dealkylation sites (tertiary alicyclic amines) is 1. The zero-order valence-corrected chi connectivity index (χ0v) is 7.47. The first kappa shape index (κ1) is 9.29. The number of ether oxygens (including phenoxy) is 1. The van der Waals surface area contributed by atoms with Crippen molar-refractivity contribution in [3.63, 3.8) is 0 Å². The van der Waals surface area contributed by atoms with Crippen molar-refractivity contribution in [1.29, 1.82) is 0 Å². The summed E-state index contributed by atoms with van der Waals surface area (Å²) in [7, 11) is 1.31. The molecule has 1 fully saturated rings. The fourth-order valence-electron chi connectivity index (χ4n) is 1.41. The number of hydrogen-bond acceptors (Lipinski definition) is 2. The molecular weight excluding hydrogens is 161 g/mol. The van der Waals surface area contributed by atoms with E-state index < -0.39 is 11.8 Å². The van der Waals surface area contributed by atoms with Gasteiger partial charge in [-0.05, 0) is 6.42 Å². The van der Waals surface area contributed by atoms with Crippen LogP contribution in [0.5, 0.6) is 0 Å². The fraction of sp³-hybridized carbons (Fsp3) is 0.875. The van der Waals surface area contributed by atoms with E-state index in [0.29, 0.717) is 19.4 Å². The Morgan fingerprint density at radius 2 is 2.42 bits per heavy atom. The molecule has 1 amide bonds. The molecule has 1 aliphatic heterocycles. The van der Waals surface area contributed by atoms with Gasteiger partial charge >= 0.3 is 6.09 Å². The van der Waals surface area contributed by atoms with Crippen LogP contribution < -0.4 is 0 Å². The van der Waals surface area contributed by atoms with Crippen LogP contribution in [0.2, 0.25) is 0 Å². The summed E-state index contributed by atoms with van der Waals surface area (Å²) in [5.74, 6) is 0. The lowest BCUT2D eigenvalue weighted by atomic mass is 10.0. The maximum absolute atomic E-state index is 13.5. The van der Waals surface area contributed by atoms with Gasteiger partial charge in [-0.15, -0.1) is 0 Å². The highest BCUT2D eigenvalue weighted by atomic mass is 19.1. The van der Waals surface area contributed by atoms with E-state index in [-0.39, 0.29) is 6.54 Å². The second-order valence-electron chi connectivity index (χ2n) is 3.15. The first-order valence-electron chi connectivity index (χ1n) is 4.13. The van der Waals surface area contributed by atoms with Crippen LogP contribution in [-0.2, 0) is 4.74 Å². The van der Waals surface area contributed by atoms with Crippen molar-refractivity contribution < 1.29 is 13.9 Å². The third-order valence-corrected chi connectivity index (χ3v) is 2.37. The lowest BCUT2D eigenvalue weighted by Crippen LogP contribution is -2.32. The first-order chi connectivity index (χ1) is 5.61. The Morgan fingerprint density at radius 1 is 1.75 bits per heavy atom. The summed E-state index contributed by atoms with van der Waals surface area (Å²) in [6.07, 6.45) is 0.460. The minimum Gasteiger partial charge on any atom is -0.453 e.